The first kappa shape index (κ1) is 32.8. The maximum Gasteiger partial charge on any atom is 0.433 e. The lowest BCUT2D eigenvalue weighted by atomic mass is 9.96. The number of fused-ring (bicyclic) bond motifs is 1. The molecule has 6 rings (SSSR count). The molecule has 0 aliphatic carbocycles. The van der Waals surface area contributed by atoms with Crippen molar-refractivity contribution in [2.24, 2.45) is 7.05 Å². The topological polar surface area (TPSA) is 136 Å². The van der Waals surface area contributed by atoms with Gasteiger partial charge in [0.2, 0.25) is 11.8 Å². The molecular formula is C33H30ClF3N8O3. The van der Waals surface area contributed by atoms with E-state index in [0.717, 1.165) is 17.2 Å². The van der Waals surface area contributed by atoms with Gasteiger partial charge < -0.3 is 20.7 Å². The van der Waals surface area contributed by atoms with E-state index >= 15 is 0 Å². The maximum absolute atomic E-state index is 13.8. The highest BCUT2D eigenvalue weighted by Crippen LogP contribution is 2.40. The summed E-state index contributed by atoms with van der Waals surface area (Å²) in [5.41, 5.74) is 2.32. The van der Waals surface area contributed by atoms with E-state index < -0.39 is 17.4 Å². The lowest BCUT2D eigenvalue weighted by molar-refractivity contribution is -0.141. The number of carbonyl (C=O) groups excluding carboxylic acids is 1. The van der Waals surface area contributed by atoms with Gasteiger partial charge in [0.15, 0.2) is 0 Å². The van der Waals surface area contributed by atoms with Crippen LogP contribution in [0.1, 0.15) is 29.8 Å². The van der Waals surface area contributed by atoms with Crippen LogP contribution in [0.2, 0.25) is 5.02 Å². The number of amides is 1. The van der Waals surface area contributed by atoms with Gasteiger partial charge in [-0.3, -0.25) is 14.6 Å². The standard InChI is InChI=1S/C33H30ClF3N8O3/c1-17-20(6-5-9-23(17)42-30-28-18(13-40-45(2)32(28)47)12-26(44-30)33(35,36)37)21-7-4-8-22(29(21)34)24-16-39-25(31(43-24)48-3)15-38-14-19-10-11-27(46)41-19/h4-9,12-13,16,19,38H,10-11,14-15H2,1-3H3,(H,41,46)(H,42,44)/t19-/m0/s1. The van der Waals surface area contributed by atoms with Crippen molar-refractivity contribution in [1.82, 2.24) is 35.4 Å². The minimum atomic E-state index is -4.74. The smallest absolute Gasteiger partial charge is 0.433 e. The summed E-state index contributed by atoms with van der Waals surface area (Å²) in [6, 6.07) is 11.6. The Balaban J connectivity index is 1.32. The normalized spacial score (nSPS) is 14.7. The predicted octanol–water partition coefficient (Wildman–Crippen LogP) is 5.55. The summed E-state index contributed by atoms with van der Waals surface area (Å²) in [6.45, 7) is 2.76. The first-order valence-electron chi connectivity index (χ1n) is 14.9. The van der Waals surface area contributed by atoms with E-state index in [9.17, 15) is 22.8 Å². The quantitative estimate of drug-likeness (QED) is 0.183. The molecule has 1 fully saturated rings. The molecule has 0 saturated carbocycles. The summed E-state index contributed by atoms with van der Waals surface area (Å²) in [5, 5.41) is 13.4. The van der Waals surface area contributed by atoms with Gasteiger partial charge in [-0.1, -0.05) is 41.9 Å². The van der Waals surface area contributed by atoms with Gasteiger partial charge in [-0.05, 0) is 36.6 Å². The molecule has 15 heteroatoms. The third-order valence-electron chi connectivity index (χ3n) is 8.14. The van der Waals surface area contributed by atoms with Crippen molar-refractivity contribution < 1.29 is 22.7 Å². The number of benzene rings is 2. The number of rotatable bonds is 9. The van der Waals surface area contributed by atoms with Crippen LogP contribution in [0.25, 0.3) is 33.2 Å². The Kier molecular flexibility index (Phi) is 9.03. The second-order valence-electron chi connectivity index (χ2n) is 11.3. The van der Waals surface area contributed by atoms with Crippen LogP contribution in [0.4, 0.5) is 24.7 Å². The van der Waals surface area contributed by atoms with Crippen molar-refractivity contribution in [3.05, 3.63) is 87.2 Å². The predicted molar refractivity (Wildman–Crippen MR) is 175 cm³/mol. The number of alkyl halides is 3. The Bertz CT molecular complexity index is 2100. The SMILES string of the molecule is COc1nc(-c2cccc(-c3cccc(Nc4nc(C(F)(F)F)cc5cnn(C)c(=O)c45)c3C)c2Cl)cnc1CNC[C@@H]1CCC(=O)N1. The zero-order valence-electron chi connectivity index (χ0n) is 26.1. The van der Waals surface area contributed by atoms with E-state index in [2.05, 4.69) is 36.0 Å². The van der Waals surface area contributed by atoms with Crippen LogP contribution >= 0.6 is 11.6 Å². The van der Waals surface area contributed by atoms with Gasteiger partial charge >= 0.3 is 6.18 Å². The zero-order valence-corrected chi connectivity index (χ0v) is 26.8. The molecule has 1 aliphatic heterocycles. The summed E-state index contributed by atoms with van der Waals surface area (Å²) in [7, 11) is 2.91. The average Bonchev–Trinajstić information content (AvgIpc) is 3.48. The Morgan fingerprint density at radius 3 is 2.56 bits per heavy atom. The van der Waals surface area contributed by atoms with Gasteiger partial charge in [0.1, 0.15) is 17.2 Å². The Hall–Kier alpha value is -5.08. The van der Waals surface area contributed by atoms with Gasteiger partial charge in [-0.15, -0.1) is 0 Å². The number of pyridine rings is 1. The van der Waals surface area contributed by atoms with Crippen LogP contribution in [-0.4, -0.2) is 50.3 Å². The number of nitrogens with zero attached hydrogens (tertiary/aromatic N) is 5. The number of hydrogen-bond donors (Lipinski definition) is 3. The third kappa shape index (κ3) is 6.53. The molecule has 0 spiro atoms. The van der Waals surface area contributed by atoms with Gasteiger partial charge in [0.05, 0.1) is 35.6 Å². The molecule has 3 aromatic heterocycles. The molecule has 11 nitrogen and oxygen atoms in total. The second-order valence-corrected chi connectivity index (χ2v) is 11.7. The number of halogens is 4. The number of carbonyl (C=O) groups is 1. The van der Waals surface area contributed by atoms with Crippen LogP contribution in [0.5, 0.6) is 5.88 Å². The fraction of sp³-hybridized carbons (Fsp3) is 0.273. The van der Waals surface area contributed by atoms with Crippen LogP contribution in [-0.2, 0) is 24.6 Å². The number of anilines is 2. The van der Waals surface area contributed by atoms with E-state index in [1.54, 1.807) is 31.3 Å². The Labute approximate surface area is 277 Å². The molecule has 1 amide bonds. The molecule has 48 heavy (non-hydrogen) atoms. The molecule has 5 aromatic rings. The van der Waals surface area contributed by atoms with Crippen molar-refractivity contribution in [3.8, 4) is 28.3 Å². The van der Waals surface area contributed by atoms with Gasteiger partial charge in [0.25, 0.3) is 5.56 Å². The van der Waals surface area contributed by atoms with E-state index in [4.69, 9.17) is 16.3 Å². The van der Waals surface area contributed by atoms with Crippen LogP contribution in [0, 0.1) is 6.92 Å². The fourth-order valence-corrected chi connectivity index (χ4v) is 5.95. The Morgan fingerprint density at radius 1 is 1.08 bits per heavy atom. The lowest BCUT2D eigenvalue weighted by Gasteiger charge is -2.17. The molecule has 0 bridgehead atoms. The Morgan fingerprint density at radius 2 is 1.83 bits per heavy atom. The van der Waals surface area contributed by atoms with Gasteiger partial charge in [-0.25, -0.2) is 14.6 Å². The average molecular weight is 679 g/mol. The molecular weight excluding hydrogens is 649 g/mol. The third-order valence-corrected chi connectivity index (χ3v) is 8.55. The zero-order chi connectivity index (χ0) is 34.2. The highest BCUT2D eigenvalue weighted by atomic mass is 35.5. The first-order valence-corrected chi connectivity index (χ1v) is 15.3. The molecule has 1 saturated heterocycles. The molecule has 0 unspecified atom stereocenters. The highest BCUT2D eigenvalue weighted by Gasteiger charge is 2.34. The number of hydrogen-bond acceptors (Lipinski definition) is 9. The molecule has 0 radical (unpaired) electrons. The molecule has 1 aliphatic rings. The highest BCUT2D eigenvalue weighted by molar-refractivity contribution is 6.36. The molecule has 3 N–H and O–H groups in total. The number of aryl methyl sites for hydroxylation is 1. The second kappa shape index (κ2) is 13.2. The van der Waals surface area contributed by atoms with Crippen LogP contribution in [0.15, 0.2) is 59.7 Å². The number of nitrogens with one attached hydrogen (secondary N) is 3. The van der Waals surface area contributed by atoms with Crippen molar-refractivity contribution in [2.45, 2.75) is 38.5 Å². The number of ether oxygens (including phenoxy) is 1. The van der Waals surface area contributed by atoms with Gasteiger partial charge in [-0.2, -0.15) is 18.3 Å². The number of methoxy groups -OCH3 is 1. The molecule has 2 aromatic carbocycles. The minimum Gasteiger partial charge on any atom is -0.480 e. The molecule has 248 valence electrons. The number of aromatic nitrogens is 5. The van der Waals surface area contributed by atoms with Crippen molar-refractivity contribution in [2.75, 3.05) is 19.0 Å². The molecule has 1 atom stereocenters. The fourth-order valence-electron chi connectivity index (χ4n) is 5.63. The summed E-state index contributed by atoms with van der Waals surface area (Å²) in [6.07, 6.45) is -0.644. The van der Waals surface area contributed by atoms with Crippen LogP contribution < -0.4 is 26.2 Å². The van der Waals surface area contributed by atoms with Crippen LogP contribution in [0.3, 0.4) is 0 Å². The summed E-state index contributed by atoms with van der Waals surface area (Å²) in [4.78, 5) is 37.5. The van der Waals surface area contributed by atoms with Crippen molar-refractivity contribution in [3.63, 3.8) is 0 Å². The lowest BCUT2D eigenvalue weighted by Crippen LogP contribution is -2.35. The maximum atomic E-state index is 13.8. The molecule has 4 heterocycles. The monoisotopic (exact) mass is 678 g/mol. The van der Waals surface area contributed by atoms with E-state index in [1.165, 1.54) is 20.4 Å². The van der Waals surface area contributed by atoms with Crippen molar-refractivity contribution >= 4 is 39.8 Å². The first-order chi connectivity index (χ1) is 22.9. The van der Waals surface area contributed by atoms with Gasteiger partial charge in [0, 0.05) is 54.8 Å². The van der Waals surface area contributed by atoms with E-state index in [0.29, 0.717) is 69.7 Å². The van der Waals surface area contributed by atoms with Crippen molar-refractivity contribution in [1.29, 1.82) is 0 Å². The largest absolute Gasteiger partial charge is 0.480 e. The summed E-state index contributed by atoms with van der Waals surface area (Å²) >= 11 is 6.99. The van der Waals surface area contributed by atoms with E-state index in [1.807, 2.05) is 18.2 Å². The minimum absolute atomic E-state index is 0.00752. The van der Waals surface area contributed by atoms with E-state index in [-0.39, 0.29) is 28.5 Å². The summed E-state index contributed by atoms with van der Waals surface area (Å²) < 4.78 is 47.8. The summed E-state index contributed by atoms with van der Waals surface area (Å²) in [5.74, 6) is 0.126.